The number of nitrogens with two attached hydrogens (primary N) is 1. The van der Waals surface area contributed by atoms with Crippen LogP contribution in [0.2, 0.25) is 0 Å². The van der Waals surface area contributed by atoms with Gasteiger partial charge in [-0.15, -0.1) is 11.8 Å². The molecule has 1 aromatic heterocycles. The van der Waals surface area contributed by atoms with E-state index < -0.39 is 0 Å². The van der Waals surface area contributed by atoms with Crippen LogP contribution < -0.4 is 5.73 Å². The number of hydrogen-bond acceptors (Lipinski definition) is 3. The summed E-state index contributed by atoms with van der Waals surface area (Å²) in [7, 11) is 0. The molecule has 0 bridgehead atoms. The minimum absolute atomic E-state index is 0.172. The molecule has 1 heterocycles. The Balaban J connectivity index is 2.07. The summed E-state index contributed by atoms with van der Waals surface area (Å²) in [5.74, 6) is 1.02. The highest BCUT2D eigenvalue weighted by Crippen LogP contribution is 2.35. The highest BCUT2D eigenvalue weighted by Gasteiger charge is 2.17. The number of thiophene rings is 1. The highest BCUT2D eigenvalue weighted by molar-refractivity contribution is 7.98. The molecular weight excluding hydrogens is 270 g/mol. The third-order valence-corrected chi connectivity index (χ3v) is 5.32. The summed E-state index contributed by atoms with van der Waals surface area (Å²) in [6, 6.07) is 9.12. The number of thioether (sulfide) groups is 1. The van der Waals surface area contributed by atoms with Gasteiger partial charge in [0.1, 0.15) is 0 Å². The second-order valence-corrected chi connectivity index (χ2v) is 7.05. The van der Waals surface area contributed by atoms with Crippen molar-refractivity contribution in [2.45, 2.75) is 37.8 Å². The van der Waals surface area contributed by atoms with Gasteiger partial charge >= 0.3 is 0 Å². The van der Waals surface area contributed by atoms with Crippen LogP contribution in [-0.2, 0) is 5.75 Å². The van der Waals surface area contributed by atoms with Crippen molar-refractivity contribution in [1.82, 2.24) is 0 Å². The van der Waals surface area contributed by atoms with E-state index in [0.717, 1.165) is 5.75 Å². The van der Waals surface area contributed by atoms with Gasteiger partial charge in [-0.25, -0.2) is 0 Å². The van der Waals surface area contributed by atoms with Crippen molar-refractivity contribution in [2.24, 2.45) is 5.73 Å². The van der Waals surface area contributed by atoms with Crippen molar-refractivity contribution in [3.8, 4) is 0 Å². The Labute approximate surface area is 124 Å². The summed E-state index contributed by atoms with van der Waals surface area (Å²) < 4.78 is 0. The molecule has 102 valence electrons. The Morgan fingerprint density at radius 3 is 2.42 bits per heavy atom. The summed E-state index contributed by atoms with van der Waals surface area (Å²) >= 11 is 3.68. The Hall–Kier alpha value is -0.770. The van der Waals surface area contributed by atoms with Crippen LogP contribution in [0.25, 0.3) is 0 Å². The molecule has 0 radical (unpaired) electrons. The number of hydrogen-bond donors (Lipinski definition) is 1. The maximum absolute atomic E-state index is 6.14. The molecule has 0 amide bonds. The SMILES string of the molecule is Cc1cc(C)cc(CSC(c2ccsc2)C(C)N)c1. The average molecular weight is 291 g/mol. The Bertz CT molecular complexity index is 497. The van der Waals surface area contributed by atoms with Crippen molar-refractivity contribution in [3.63, 3.8) is 0 Å². The fourth-order valence-corrected chi connectivity index (χ4v) is 4.29. The first-order valence-electron chi connectivity index (χ1n) is 6.52. The Kier molecular flexibility index (Phi) is 5.08. The molecule has 2 unspecified atom stereocenters. The van der Waals surface area contributed by atoms with Crippen molar-refractivity contribution >= 4 is 23.1 Å². The van der Waals surface area contributed by atoms with Gasteiger partial charge in [0.15, 0.2) is 0 Å². The van der Waals surface area contributed by atoms with Crippen LogP contribution in [0.4, 0.5) is 0 Å². The number of aryl methyl sites for hydroxylation is 2. The molecule has 2 rings (SSSR count). The maximum Gasteiger partial charge on any atom is 0.0457 e. The second-order valence-electron chi connectivity index (χ2n) is 5.14. The zero-order valence-electron chi connectivity index (χ0n) is 11.7. The minimum atomic E-state index is 0.172. The molecule has 0 saturated carbocycles. The molecule has 0 aliphatic rings. The van der Waals surface area contributed by atoms with Crippen LogP contribution in [-0.4, -0.2) is 6.04 Å². The predicted octanol–water partition coefficient (Wildman–Crippen LogP) is 4.69. The van der Waals surface area contributed by atoms with Gasteiger partial charge in [0.2, 0.25) is 0 Å². The van der Waals surface area contributed by atoms with E-state index in [1.54, 1.807) is 11.3 Å². The van der Waals surface area contributed by atoms with Gasteiger partial charge in [-0.2, -0.15) is 11.3 Å². The lowest BCUT2D eigenvalue weighted by molar-refractivity contribution is 0.723. The standard InChI is InChI=1S/C16H21NS2/c1-11-6-12(2)8-14(7-11)9-19-16(13(3)17)15-4-5-18-10-15/h4-8,10,13,16H,9,17H2,1-3H3. The monoisotopic (exact) mass is 291 g/mol. The van der Waals surface area contributed by atoms with Crippen LogP contribution in [0.3, 0.4) is 0 Å². The molecular formula is C16H21NS2. The van der Waals surface area contributed by atoms with E-state index in [1.165, 1.54) is 22.3 Å². The van der Waals surface area contributed by atoms with Crippen molar-refractivity contribution in [2.75, 3.05) is 0 Å². The molecule has 1 aromatic carbocycles. The van der Waals surface area contributed by atoms with Crippen molar-refractivity contribution < 1.29 is 0 Å². The van der Waals surface area contributed by atoms with E-state index >= 15 is 0 Å². The molecule has 2 aromatic rings. The number of rotatable bonds is 5. The zero-order valence-corrected chi connectivity index (χ0v) is 13.4. The summed E-state index contributed by atoms with van der Waals surface area (Å²) in [4.78, 5) is 0. The molecule has 0 spiro atoms. The first-order valence-corrected chi connectivity index (χ1v) is 8.52. The topological polar surface area (TPSA) is 26.0 Å². The summed E-state index contributed by atoms with van der Waals surface area (Å²) in [5.41, 5.74) is 11.6. The van der Waals surface area contributed by atoms with E-state index in [4.69, 9.17) is 5.73 Å². The predicted molar refractivity (Wildman–Crippen MR) is 87.9 cm³/mol. The van der Waals surface area contributed by atoms with Crippen molar-refractivity contribution in [1.29, 1.82) is 0 Å². The normalized spacial score (nSPS) is 14.3. The van der Waals surface area contributed by atoms with Gasteiger partial charge in [0, 0.05) is 17.0 Å². The van der Waals surface area contributed by atoms with Crippen LogP contribution >= 0.6 is 23.1 Å². The third kappa shape index (κ3) is 4.10. The molecule has 2 atom stereocenters. The molecule has 0 aliphatic carbocycles. The van der Waals surface area contributed by atoms with Crippen LogP contribution in [0, 0.1) is 13.8 Å². The fourth-order valence-electron chi connectivity index (χ4n) is 2.33. The van der Waals surface area contributed by atoms with Crippen LogP contribution in [0.1, 0.15) is 34.4 Å². The zero-order chi connectivity index (χ0) is 13.8. The Morgan fingerprint density at radius 1 is 1.21 bits per heavy atom. The van der Waals surface area contributed by atoms with Gasteiger partial charge in [-0.1, -0.05) is 29.3 Å². The average Bonchev–Trinajstić information content (AvgIpc) is 2.81. The Morgan fingerprint density at radius 2 is 1.89 bits per heavy atom. The first kappa shape index (κ1) is 14.6. The fraction of sp³-hybridized carbons (Fsp3) is 0.375. The van der Waals surface area contributed by atoms with Gasteiger partial charge < -0.3 is 5.73 Å². The summed E-state index contributed by atoms with van der Waals surface area (Å²) in [6.45, 7) is 6.41. The van der Waals surface area contributed by atoms with E-state index in [-0.39, 0.29) is 6.04 Å². The van der Waals surface area contributed by atoms with E-state index in [1.807, 2.05) is 11.8 Å². The molecule has 2 N–H and O–H groups in total. The van der Waals surface area contributed by atoms with E-state index in [0.29, 0.717) is 5.25 Å². The maximum atomic E-state index is 6.14. The molecule has 0 aliphatic heterocycles. The van der Waals surface area contributed by atoms with Gasteiger partial charge in [-0.3, -0.25) is 0 Å². The first-order chi connectivity index (χ1) is 9.06. The smallest absolute Gasteiger partial charge is 0.0457 e. The molecule has 1 nitrogen and oxygen atoms in total. The van der Waals surface area contributed by atoms with Crippen LogP contribution in [0.15, 0.2) is 35.0 Å². The molecule has 3 heteroatoms. The van der Waals surface area contributed by atoms with E-state index in [2.05, 4.69) is 55.8 Å². The lowest BCUT2D eigenvalue weighted by Crippen LogP contribution is -2.22. The summed E-state index contributed by atoms with van der Waals surface area (Å²) in [6.07, 6.45) is 0. The molecule has 19 heavy (non-hydrogen) atoms. The third-order valence-electron chi connectivity index (χ3n) is 3.06. The lowest BCUT2D eigenvalue weighted by Gasteiger charge is -2.19. The quantitative estimate of drug-likeness (QED) is 0.865. The minimum Gasteiger partial charge on any atom is -0.327 e. The van der Waals surface area contributed by atoms with Crippen LogP contribution in [0.5, 0.6) is 0 Å². The van der Waals surface area contributed by atoms with Crippen molar-refractivity contribution in [3.05, 3.63) is 57.3 Å². The molecule has 0 fully saturated rings. The summed E-state index contributed by atoms with van der Waals surface area (Å²) in [5, 5.41) is 4.72. The number of benzene rings is 1. The molecule has 0 saturated heterocycles. The van der Waals surface area contributed by atoms with E-state index in [9.17, 15) is 0 Å². The highest BCUT2D eigenvalue weighted by atomic mass is 32.2. The second kappa shape index (κ2) is 6.60. The van der Waals surface area contributed by atoms with Gasteiger partial charge in [0.05, 0.1) is 0 Å². The largest absolute Gasteiger partial charge is 0.327 e. The van der Waals surface area contributed by atoms with Gasteiger partial charge in [0.25, 0.3) is 0 Å². The lowest BCUT2D eigenvalue weighted by atomic mass is 10.1. The van der Waals surface area contributed by atoms with Gasteiger partial charge in [-0.05, 0) is 48.7 Å².